The van der Waals surface area contributed by atoms with E-state index < -0.39 is 0 Å². The van der Waals surface area contributed by atoms with Gasteiger partial charge in [-0.2, -0.15) is 0 Å². The molecule has 0 aliphatic rings. The van der Waals surface area contributed by atoms with Gasteiger partial charge in [0.2, 0.25) is 5.91 Å². The van der Waals surface area contributed by atoms with E-state index in [0.717, 1.165) is 18.4 Å². The Kier molecular flexibility index (Phi) is 7.68. The van der Waals surface area contributed by atoms with Crippen molar-refractivity contribution in [1.29, 1.82) is 0 Å². The Morgan fingerprint density at radius 1 is 1.10 bits per heavy atom. The lowest BCUT2D eigenvalue weighted by atomic mass is 10.1. The maximum atomic E-state index is 13.4. The minimum absolute atomic E-state index is 0.0864. The number of benzene rings is 2. The first-order valence-electron chi connectivity index (χ1n) is 9.89. The van der Waals surface area contributed by atoms with Crippen LogP contribution in [-0.4, -0.2) is 23.3 Å². The summed E-state index contributed by atoms with van der Waals surface area (Å²) in [5.74, 6) is -0.546. The number of hydrogen-bond donors (Lipinski definition) is 2. The number of halogens is 1. The smallest absolute Gasteiger partial charge is 0.251 e. The van der Waals surface area contributed by atoms with Crippen LogP contribution in [0.1, 0.15) is 41.4 Å². The van der Waals surface area contributed by atoms with Gasteiger partial charge in [0, 0.05) is 29.6 Å². The summed E-state index contributed by atoms with van der Waals surface area (Å²) >= 11 is 1.38. The largest absolute Gasteiger partial charge is 0.352 e. The molecule has 30 heavy (non-hydrogen) atoms. The van der Waals surface area contributed by atoms with Gasteiger partial charge in [0.1, 0.15) is 10.8 Å². The zero-order chi connectivity index (χ0) is 21.3. The molecule has 7 heteroatoms. The van der Waals surface area contributed by atoms with Gasteiger partial charge in [-0.3, -0.25) is 9.59 Å². The Bertz CT molecular complexity index is 1000. The number of amides is 2. The maximum Gasteiger partial charge on any atom is 0.251 e. The van der Waals surface area contributed by atoms with Gasteiger partial charge in [0.15, 0.2) is 0 Å². The molecule has 2 amide bonds. The van der Waals surface area contributed by atoms with E-state index in [-0.39, 0.29) is 24.1 Å². The number of thiazole rings is 1. The first-order valence-corrected chi connectivity index (χ1v) is 10.8. The van der Waals surface area contributed by atoms with Crippen LogP contribution in [-0.2, 0) is 17.8 Å². The van der Waals surface area contributed by atoms with Crippen molar-refractivity contribution in [3.05, 3.63) is 76.5 Å². The number of nitrogens with zero attached hydrogens (tertiary/aromatic N) is 1. The fourth-order valence-electron chi connectivity index (χ4n) is 2.82. The molecule has 2 N–H and O–H groups in total. The number of rotatable bonds is 9. The van der Waals surface area contributed by atoms with Crippen LogP contribution in [0.2, 0.25) is 0 Å². The van der Waals surface area contributed by atoms with Crippen molar-refractivity contribution in [2.45, 2.75) is 32.7 Å². The Morgan fingerprint density at radius 2 is 1.90 bits per heavy atom. The predicted molar refractivity (Wildman–Crippen MR) is 117 cm³/mol. The molecule has 0 fully saturated rings. The number of carbonyl (C=O) groups is 2. The van der Waals surface area contributed by atoms with Crippen LogP contribution in [0.5, 0.6) is 0 Å². The summed E-state index contributed by atoms with van der Waals surface area (Å²) in [6, 6.07) is 13.4. The van der Waals surface area contributed by atoms with Gasteiger partial charge in [0.25, 0.3) is 5.91 Å². The Morgan fingerprint density at radius 3 is 2.63 bits per heavy atom. The Labute approximate surface area is 179 Å². The van der Waals surface area contributed by atoms with Gasteiger partial charge < -0.3 is 10.6 Å². The molecule has 3 aromatic rings. The molecular formula is C23H24FN3O2S. The van der Waals surface area contributed by atoms with E-state index in [1.807, 2.05) is 17.5 Å². The molecule has 2 aromatic carbocycles. The molecule has 0 atom stereocenters. The average Bonchev–Trinajstić information content (AvgIpc) is 3.21. The standard InChI is InChI=1S/C23H24FN3O2S/c1-2-3-11-25-22(29)17-9-7-16(8-10-17)14-26-21(28)13-20-15-30-23(27-20)18-5-4-6-19(24)12-18/h4-10,12,15H,2-3,11,13-14H2,1H3,(H,25,29)(H,26,28). The van der Waals surface area contributed by atoms with E-state index in [4.69, 9.17) is 0 Å². The molecule has 0 saturated carbocycles. The van der Waals surface area contributed by atoms with Crippen LogP contribution in [0.15, 0.2) is 53.9 Å². The number of hydrogen-bond acceptors (Lipinski definition) is 4. The zero-order valence-corrected chi connectivity index (χ0v) is 17.6. The van der Waals surface area contributed by atoms with Crippen LogP contribution in [0.25, 0.3) is 10.6 Å². The third-order valence-electron chi connectivity index (χ3n) is 4.49. The van der Waals surface area contributed by atoms with Gasteiger partial charge in [-0.25, -0.2) is 9.37 Å². The summed E-state index contributed by atoms with van der Waals surface area (Å²) in [6.45, 7) is 3.12. The summed E-state index contributed by atoms with van der Waals surface area (Å²) in [4.78, 5) is 28.7. The summed E-state index contributed by atoms with van der Waals surface area (Å²) in [7, 11) is 0. The van der Waals surface area contributed by atoms with Gasteiger partial charge in [-0.15, -0.1) is 11.3 Å². The van der Waals surface area contributed by atoms with E-state index in [1.165, 1.54) is 23.5 Å². The zero-order valence-electron chi connectivity index (χ0n) is 16.8. The lowest BCUT2D eigenvalue weighted by Gasteiger charge is -2.07. The number of aromatic nitrogens is 1. The molecule has 1 heterocycles. The highest BCUT2D eigenvalue weighted by Gasteiger charge is 2.10. The van der Waals surface area contributed by atoms with Crippen LogP contribution in [0, 0.1) is 5.82 Å². The molecule has 0 radical (unpaired) electrons. The van der Waals surface area contributed by atoms with Gasteiger partial charge in [-0.05, 0) is 36.2 Å². The van der Waals surface area contributed by atoms with Crippen molar-refractivity contribution in [1.82, 2.24) is 15.6 Å². The van der Waals surface area contributed by atoms with Crippen LogP contribution in [0.3, 0.4) is 0 Å². The first kappa shape index (κ1) is 21.6. The summed E-state index contributed by atoms with van der Waals surface area (Å²) < 4.78 is 13.4. The Hall–Kier alpha value is -3.06. The first-order chi connectivity index (χ1) is 14.5. The van der Waals surface area contributed by atoms with E-state index >= 15 is 0 Å². The molecular weight excluding hydrogens is 401 g/mol. The molecule has 0 aliphatic heterocycles. The fraction of sp³-hybridized carbons (Fsp3) is 0.261. The van der Waals surface area contributed by atoms with Crippen molar-refractivity contribution < 1.29 is 14.0 Å². The molecule has 0 saturated heterocycles. The number of carbonyl (C=O) groups excluding carboxylic acids is 2. The highest BCUT2D eigenvalue weighted by Crippen LogP contribution is 2.24. The second-order valence-corrected chi connectivity index (χ2v) is 7.77. The molecule has 156 valence electrons. The van der Waals surface area contributed by atoms with Crippen LogP contribution < -0.4 is 10.6 Å². The van der Waals surface area contributed by atoms with Crippen molar-refractivity contribution in [3.63, 3.8) is 0 Å². The van der Waals surface area contributed by atoms with Crippen molar-refractivity contribution in [2.24, 2.45) is 0 Å². The van der Waals surface area contributed by atoms with Crippen LogP contribution >= 0.6 is 11.3 Å². The monoisotopic (exact) mass is 425 g/mol. The third-order valence-corrected chi connectivity index (χ3v) is 5.43. The van der Waals surface area contributed by atoms with Gasteiger partial charge >= 0.3 is 0 Å². The summed E-state index contributed by atoms with van der Waals surface area (Å²) in [5, 5.41) is 8.24. The molecule has 0 bridgehead atoms. The highest BCUT2D eigenvalue weighted by molar-refractivity contribution is 7.13. The van der Waals surface area contributed by atoms with E-state index in [0.29, 0.717) is 34.9 Å². The third kappa shape index (κ3) is 6.22. The van der Waals surface area contributed by atoms with E-state index in [1.54, 1.807) is 24.3 Å². The fourth-order valence-corrected chi connectivity index (χ4v) is 3.64. The normalized spacial score (nSPS) is 10.6. The van der Waals surface area contributed by atoms with Crippen LogP contribution in [0.4, 0.5) is 4.39 Å². The topological polar surface area (TPSA) is 71.1 Å². The van der Waals surface area contributed by atoms with Gasteiger partial charge in [0.05, 0.1) is 12.1 Å². The Balaban J connectivity index is 1.48. The quantitative estimate of drug-likeness (QED) is 0.501. The molecule has 5 nitrogen and oxygen atoms in total. The summed E-state index contributed by atoms with van der Waals surface area (Å²) in [5.41, 5.74) is 2.86. The molecule has 0 unspecified atom stereocenters. The minimum atomic E-state index is -0.313. The maximum absolute atomic E-state index is 13.4. The molecule has 3 rings (SSSR count). The van der Waals surface area contributed by atoms with E-state index in [9.17, 15) is 14.0 Å². The second kappa shape index (κ2) is 10.6. The minimum Gasteiger partial charge on any atom is -0.352 e. The highest BCUT2D eigenvalue weighted by atomic mass is 32.1. The van der Waals surface area contributed by atoms with Gasteiger partial charge in [-0.1, -0.05) is 37.6 Å². The molecule has 1 aromatic heterocycles. The average molecular weight is 426 g/mol. The SMILES string of the molecule is CCCCNC(=O)c1ccc(CNC(=O)Cc2csc(-c3cccc(F)c3)n2)cc1. The number of unbranched alkanes of at least 4 members (excludes halogenated alkanes) is 1. The second-order valence-electron chi connectivity index (χ2n) is 6.91. The van der Waals surface area contributed by atoms with Crippen molar-refractivity contribution >= 4 is 23.2 Å². The molecule has 0 spiro atoms. The predicted octanol–water partition coefficient (Wildman–Crippen LogP) is 4.34. The summed E-state index contributed by atoms with van der Waals surface area (Å²) in [6.07, 6.45) is 2.15. The van der Waals surface area contributed by atoms with Crippen molar-refractivity contribution in [2.75, 3.05) is 6.54 Å². The lowest BCUT2D eigenvalue weighted by Crippen LogP contribution is -2.25. The lowest BCUT2D eigenvalue weighted by molar-refractivity contribution is -0.120. The van der Waals surface area contributed by atoms with Crippen molar-refractivity contribution in [3.8, 4) is 10.6 Å². The number of nitrogens with one attached hydrogen (secondary N) is 2. The van der Waals surface area contributed by atoms with E-state index in [2.05, 4.69) is 22.5 Å². The molecule has 0 aliphatic carbocycles.